The van der Waals surface area contributed by atoms with E-state index in [2.05, 4.69) is 19.1 Å². The van der Waals surface area contributed by atoms with Crippen molar-refractivity contribution in [1.82, 2.24) is 4.90 Å². The second-order valence-corrected chi connectivity index (χ2v) is 11.3. The van der Waals surface area contributed by atoms with E-state index in [1.807, 2.05) is 39.0 Å². The smallest absolute Gasteiger partial charge is 0.311 e. The lowest BCUT2D eigenvalue weighted by molar-refractivity contribution is -0.157. The maximum atomic E-state index is 12.7. The van der Waals surface area contributed by atoms with Crippen molar-refractivity contribution in [2.75, 3.05) is 13.2 Å². The van der Waals surface area contributed by atoms with Crippen molar-refractivity contribution in [2.45, 2.75) is 65.3 Å². The molecule has 5 atom stereocenters. The van der Waals surface area contributed by atoms with Gasteiger partial charge in [-0.25, -0.2) is 0 Å². The van der Waals surface area contributed by atoms with Crippen LogP contribution in [0.1, 0.15) is 66.8 Å². The number of hydrogen-bond acceptors (Lipinski definition) is 6. The van der Waals surface area contributed by atoms with Gasteiger partial charge in [-0.3, -0.25) is 19.3 Å². The summed E-state index contributed by atoms with van der Waals surface area (Å²) in [5.41, 5.74) is 1.36. The molecule has 2 amide bonds. The van der Waals surface area contributed by atoms with Gasteiger partial charge in [-0.1, -0.05) is 49.4 Å². The van der Waals surface area contributed by atoms with Crippen LogP contribution in [0.3, 0.4) is 0 Å². The van der Waals surface area contributed by atoms with Crippen LogP contribution in [0.5, 0.6) is 0 Å². The Labute approximate surface area is 218 Å². The lowest BCUT2D eigenvalue weighted by atomic mass is 9.83. The molecule has 3 unspecified atom stereocenters. The third-order valence-corrected chi connectivity index (χ3v) is 7.47. The molecule has 37 heavy (non-hydrogen) atoms. The average Bonchev–Trinajstić information content (AvgIpc) is 3.29. The van der Waals surface area contributed by atoms with Gasteiger partial charge in [-0.2, -0.15) is 0 Å². The van der Waals surface area contributed by atoms with Gasteiger partial charge in [0.25, 0.3) is 11.8 Å². The van der Waals surface area contributed by atoms with E-state index >= 15 is 0 Å². The Kier molecular flexibility index (Phi) is 8.14. The SMILES string of the molecule is C[C@H]1C(CC(O)CN2C(=O)c3ccccc3C2=O)O[C@@H](COC(=O)C(C)(C)C)C1CCc1ccccc1. The zero-order valence-corrected chi connectivity index (χ0v) is 22.1. The molecule has 2 aromatic carbocycles. The number of hydrogen-bond donors (Lipinski definition) is 1. The lowest BCUT2D eigenvalue weighted by Crippen LogP contribution is -2.38. The number of aryl methyl sites for hydroxylation is 1. The molecule has 2 heterocycles. The highest BCUT2D eigenvalue weighted by atomic mass is 16.6. The molecule has 2 aliphatic rings. The number of β-amino-alcohol motifs (C(OH)–C–C–N with tert-alkyl or cyclic N) is 1. The van der Waals surface area contributed by atoms with E-state index in [0.717, 1.165) is 17.7 Å². The molecule has 1 saturated heterocycles. The normalized spacial score (nSPS) is 24.3. The van der Waals surface area contributed by atoms with Gasteiger partial charge in [0.15, 0.2) is 0 Å². The first kappa shape index (κ1) is 27.0. The predicted molar refractivity (Wildman–Crippen MR) is 139 cm³/mol. The molecule has 0 saturated carbocycles. The van der Waals surface area contributed by atoms with E-state index in [4.69, 9.17) is 9.47 Å². The second-order valence-electron chi connectivity index (χ2n) is 11.3. The highest BCUT2D eigenvalue weighted by Crippen LogP contribution is 2.38. The molecule has 1 fully saturated rings. The maximum absolute atomic E-state index is 12.7. The van der Waals surface area contributed by atoms with Gasteiger partial charge in [0, 0.05) is 6.42 Å². The van der Waals surface area contributed by atoms with Crippen LogP contribution in [0.25, 0.3) is 0 Å². The van der Waals surface area contributed by atoms with Gasteiger partial charge in [0.2, 0.25) is 0 Å². The van der Waals surface area contributed by atoms with Crippen molar-refractivity contribution in [3.63, 3.8) is 0 Å². The van der Waals surface area contributed by atoms with Gasteiger partial charge >= 0.3 is 5.97 Å². The van der Waals surface area contributed by atoms with Crippen LogP contribution in [0.4, 0.5) is 0 Å². The fourth-order valence-electron chi connectivity index (χ4n) is 5.26. The molecular formula is C30H37NO6. The van der Waals surface area contributed by atoms with Crippen LogP contribution >= 0.6 is 0 Å². The number of rotatable bonds is 9. The monoisotopic (exact) mass is 507 g/mol. The maximum Gasteiger partial charge on any atom is 0.311 e. The van der Waals surface area contributed by atoms with Gasteiger partial charge in [0.1, 0.15) is 6.61 Å². The van der Waals surface area contributed by atoms with Gasteiger partial charge in [-0.05, 0) is 63.1 Å². The molecule has 198 valence electrons. The van der Waals surface area contributed by atoms with E-state index in [-0.39, 0.29) is 61.4 Å². The summed E-state index contributed by atoms with van der Waals surface area (Å²) in [6, 6.07) is 16.9. The van der Waals surface area contributed by atoms with Crippen molar-refractivity contribution in [3.8, 4) is 0 Å². The topological polar surface area (TPSA) is 93.1 Å². The molecule has 0 aromatic heterocycles. The number of esters is 1. The zero-order chi connectivity index (χ0) is 26.7. The van der Waals surface area contributed by atoms with Crippen LogP contribution < -0.4 is 0 Å². The molecule has 1 N–H and O–H groups in total. The molecule has 0 spiro atoms. The molecule has 4 rings (SSSR count). The van der Waals surface area contributed by atoms with Crippen molar-refractivity contribution in [3.05, 3.63) is 71.3 Å². The fourth-order valence-corrected chi connectivity index (χ4v) is 5.26. The van der Waals surface area contributed by atoms with Crippen LogP contribution in [0, 0.1) is 17.3 Å². The number of nitrogens with zero attached hydrogens (tertiary/aromatic N) is 1. The summed E-state index contributed by atoms with van der Waals surface area (Å²) in [4.78, 5) is 38.9. The van der Waals surface area contributed by atoms with E-state index in [1.165, 1.54) is 5.56 Å². The number of carbonyl (C=O) groups excluding carboxylic acids is 3. The average molecular weight is 508 g/mol. The van der Waals surface area contributed by atoms with E-state index in [0.29, 0.717) is 11.1 Å². The standard InChI is InChI=1S/C30H37NO6/c1-19-22(15-14-20-10-6-5-7-11-20)26(18-36-29(35)30(2,3)4)37-25(19)16-21(32)17-31-27(33)23-12-8-9-13-24(23)28(31)34/h5-13,19,21-22,25-26,32H,14-18H2,1-4H3/t19-,21?,22?,25?,26+/m1/s1. The Morgan fingerprint density at radius 3 is 2.19 bits per heavy atom. The summed E-state index contributed by atoms with van der Waals surface area (Å²) in [6.45, 7) is 7.62. The van der Waals surface area contributed by atoms with E-state index in [1.54, 1.807) is 24.3 Å². The minimum atomic E-state index is -0.930. The summed E-state index contributed by atoms with van der Waals surface area (Å²) in [6.07, 6.45) is 0.493. The summed E-state index contributed by atoms with van der Waals surface area (Å²) in [5.74, 6) is -0.816. The Bertz CT molecular complexity index is 1090. The third kappa shape index (κ3) is 6.11. The van der Waals surface area contributed by atoms with E-state index in [9.17, 15) is 19.5 Å². The molecule has 7 nitrogen and oxygen atoms in total. The zero-order valence-electron chi connectivity index (χ0n) is 22.1. The molecule has 0 aliphatic carbocycles. The number of aliphatic hydroxyl groups excluding tert-OH is 1. The third-order valence-electron chi connectivity index (χ3n) is 7.47. The minimum Gasteiger partial charge on any atom is -0.463 e. The first-order valence-electron chi connectivity index (χ1n) is 13.1. The number of aliphatic hydroxyl groups is 1. The number of carbonyl (C=O) groups is 3. The van der Waals surface area contributed by atoms with Gasteiger partial charge in [-0.15, -0.1) is 0 Å². The minimum absolute atomic E-state index is 0.0860. The summed E-state index contributed by atoms with van der Waals surface area (Å²) in [5, 5.41) is 10.9. The first-order valence-corrected chi connectivity index (χ1v) is 13.1. The summed E-state index contributed by atoms with van der Waals surface area (Å²) < 4.78 is 12.0. The number of ether oxygens (including phenoxy) is 2. The van der Waals surface area contributed by atoms with E-state index < -0.39 is 11.5 Å². The summed E-state index contributed by atoms with van der Waals surface area (Å²) >= 11 is 0. The van der Waals surface area contributed by atoms with Crippen molar-refractivity contribution in [2.24, 2.45) is 17.3 Å². The Morgan fingerprint density at radius 1 is 1.00 bits per heavy atom. The molecule has 0 radical (unpaired) electrons. The van der Waals surface area contributed by atoms with Gasteiger partial charge in [0.05, 0.1) is 41.4 Å². The number of fused-ring (bicyclic) bond motifs is 1. The number of benzene rings is 2. The largest absolute Gasteiger partial charge is 0.463 e. The molecule has 2 aromatic rings. The van der Waals surface area contributed by atoms with Crippen LogP contribution in [-0.4, -0.2) is 59.3 Å². The van der Waals surface area contributed by atoms with Crippen LogP contribution in [0.2, 0.25) is 0 Å². The first-order chi connectivity index (χ1) is 17.6. The quantitative estimate of drug-likeness (QED) is 0.402. The van der Waals surface area contributed by atoms with Crippen molar-refractivity contribution >= 4 is 17.8 Å². The van der Waals surface area contributed by atoms with Crippen molar-refractivity contribution in [1.29, 1.82) is 0 Å². The lowest BCUT2D eigenvalue weighted by Gasteiger charge is -2.24. The van der Waals surface area contributed by atoms with Crippen LogP contribution in [0.15, 0.2) is 54.6 Å². The predicted octanol–water partition coefficient (Wildman–Crippen LogP) is 4.28. The number of imide groups is 1. The van der Waals surface area contributed by atoms with Crippen LogP contribution in [-0.2, 0) is 20.7 Å². The Morgan fingerprint density at radius 2 is 1.59 bits per heavy atom. The van der Waals surface area contributed by atoms with Gasteiger partial charge < -0.3 is 14.6 Å². The molecule has 0 bridgehead atoms. The molecule has 2 aliphatic heterocycles. The fraction of sp³-hybridized carbons (Fsp3) is 0.500. The molecular weight excluding hydrogens is 470 g/mol. The number of amides is 2. The highest BCUT2D eigenvalue weighted by molar-refractivity contribution is 6.21. The second kappa shape index (κ2) is 11.2. The molecule has 7 heteroatoms. The summed E-state index contributed by atoms with van der Waals surface area (Å²) in [7, 11) is 0. The Balaban J connectivity index is 1.41. The van der Waals surface area contributed by atoms with Crippen molar-refractivity contribution < 1.29 is 29.0 Å². The highest BCUT2D eigenvalue weighted by Gasteiger charge is 2.44. The Hall–Kier alpha value is -3.03.